The second-order valence-electron chi connectivity index (χ2n) is 4.54. The summed E-state index contributed by atoms with van der Waals surface area (Å²) < 4.78 is 25.7. The van der Waals surface area contributed by atoms with E-state index in [0.717, 1.165) is 25.7 Å². The van der Waals surface area contributed by atoms with E-state index in [4.69, 9.17) is 5.11 Å². The molecule has 5 heteroatoms. The SMILES string of the molecule is O=S(=O)(C1CCCCC1)N1CC1CCO. The van der Waals surface area contributed by atoms with E-state index in [1.165, 1.54) is 6.42 Å². The first-order valence-corrected chi connectivity index (χ1v) is 7.28. The average Bonchev–Trinajstić information content (AvgIpc) is 3.00. The molecule has 15 heavy (non-hydrogen) atoms. The van der Waals surface area contributed by atoms with Crippen LogP contribution in [-0.2, 0) is 10.0 Å². The molecule has 1 aliphatic carbocycles. The minimum Gasteiger partial charge on any atom is -0.396 e. The van der Waals surface area contributed by atoms with Crippen molar-refractivity contribution >= 4 is 10.0 Å². The lowest BCUT2D eigenvalue weighted by molar-refractivity contribution is 0.284. The van der Waals surface area contributed by atoms with Gasteiger partial charge in [0.05, 0.1) is 5.25 Å². The summed E-state index contributed by atoms with van der Waals surface area (Å²) >= 11 is 0. The highest BCUT2D eigenvalue weighted by Gasteiger charge is 2.46. The Morgan fingerprint density at radius 2 is 1.87 bits per heavy atom. The van der Waals surface area contributed by atoms with E-state index in [9.17, 15) is 8.42 Å². The molecule has 2 fully saturated rings. The minimum absolute atomic E-state index is 0.0847. The van der Waals surface area contributed by atoms with Crippen LogP contribution in [0.5, 0.6) is 0 Å². The molecule has 88 valence electrons. The average molecular weight is 233 g/mol. The van der Waals surface area contributed by atoms with Crippen LogP contribution in [0.2, 0.25) is 0 Å². The predicted octanol–water partition coefficient (Wildman–Crippen LogP) is 0.716. The lowest BCUT2D eigenvalue weighted by atomic mass is 10.0. The molecule has 0 spiro atoms. The molecule has 1 aliphatic heterocycles. The maximum Gasteiger partial charge on any atom is 0.217 e. The Kier molecular flexibility index (Phi) is 3.33. The fraction of sp³-hybridized carbons (Fsp3) is 1.00. The topological polar surface area (TPSA) is 57.4 Å². The van der Waals surface area contributed by atoms with E-state index >= 15 is 0 Å². The van der Waals surface area contributed by atoms with Crippen molar-refractivity contribution < 1.29 is 13.5 Å². The fourth-order valence-electron chi connectivity index (χ4n) is 2.41. The maximum absolute atomic E-state index is 12.1. The summed E-state index contributed by atoms with van der Waals surface area (Å²) in [5, 5.41) is 8.61. The normalized spacial score (nSPS) is 32.9. The second kappa shape index (κ2) is 4.39. The van der Waals surface area contributed by atoms with Crippen LogP contribution in [0.15, 0.2) is 0 Å². The number of rotatable bonds is 4. The third-order valence-electron chi connectivity index (χ3n) is 3.43. The van der Waals surface area contributed by atoms with Crippen LogP contribution in [0.25, 0.3) is 0 Å². The van der Waals surface area contributed by atoms with Crippen LogP contribution in [0.4, 0.5) is 0 Å². The first-order chi connectivity index (χ1) is 7.16. The van der Waals surface area contributed by atoms with Gasteiger partial charge in [-0.2, -0.15) is 4.31 Å². The summed E-state index contributed by atoms with van der Waals surface area (Å²) in [6.07, 6.45) is 5.50. The molecule has 1 saturated heterocycles. The van der Waals surface area contributed by atoms with Gasteiger partial charge in [-0.25, -0.2) is 8.42 Å². The largest absolute Gasteiger partial charge is 0.396 e. The van der Waals surface area contributed by atoms with Crippen LogP contribution in [0.1, 0.15) is 38.5 Å². The molecule has 0 radical (unpaired) electrons. The van der Waals surface area contributed by atoms with Gasteiger partial charge in [0.1, 0.15) is 0 Å². The Labute approximate surface area is 91.3 Å². The Bertz CT molecular complexity index is 309. The number of nitrogens with zero attached hydrogens (tertiary/aromatic N) is 1. The van der Waals surface area contributed by atoms with E-state index < -0.39 is 10.0 Å². The molecule has 0 aromatic heterocycles. The number of hydrogen-bond acceptors (Lipinski definition) is 3. The van der Waals surface area contributed by atoms with Gasteiger partial charge in [-0.15, -0.1) is 0 Å². The van der Waals surface area contributed by atoms with Gasteiger partial charge in [-0.05, 0) is 19.3 Å². The molecule has 2 rings (SSSR count). The van der Waals surface area contributed by atoms with Crippen molar-refractivity contribution in [1.82, 2.24) is 4.31 Å². The number of sulfonamides is 1. The third kappa shape index (κ3) is 2.34. The van der Waals surface area contributed by atoms with Crippen LogP contribution in [0, 0.1) is 0 Å². The highest BCUT2D eigenvalue weighted by atomic mass is 32.2. The minimum atomic E-state index is -3.04. The molecule has 1 heterocycles. The molecule has 1 saturated carbocycles. The van der Waals surface area contributed by atoms with Gasteiger partial charge in [0.15, 0.2) is 0 Å². The first-order valence-electron chi connectivity index (χ1n) is 5.78. The Morgan fingerprint density at radius 3 is 2.47 bits per heavy atom. The fourth-order valence-corrected chi connectivity index (χ4v) is 4.62. The highest BCUT2D eigenvalue weighted by molar-refractivity contribution is 7.90. The summed E-state index contributed by atoms with van der Waals surface area (Å²) in [6.45, 7) is 0.709. The Morgan fingerprint density at radius 1 is 1.20 bits per heavy atom. The van der Waals surface area contributed by atoms with Crippen LogP contribution in [0.3, 0.4) is 0 Å². The Balaban J connectivity index is 1.95. The van der Waals surface area contributed by atoms with Crippen LogP contribution in [-0.4, -0.2) is 42.3 Å². The molecule has 2 unspecified atom stereocenters. The lowest BCUT2D eigenvalue weighted by Crippen LogP contribution is -2.30. The van der Waals surface area contributed by atoms with Crippen molar-refractivity contribution in [2.24, 2.45) is 0 Å². The van der Waals surface area contributed by atoms with E-state index in [-0.39, 0.29) is 17.9 Å². The first kappa shape index (κ1) is 11.4. The zero-order valence-electron chi connectivity index (χ0n) is 8.93. The number of aliphatic hydroxyl groups is 1. The van der Waals surface area contributed by atoms with Gasteiger partial charge in [-0.3, -0.25) is 0 Å². The molecule has 0 bridgehead atoms. The molecule has 2 aliphatic rings. The quantitative estimate of drug-likeness (QED) is 0.728. The smallest absolute Gasteiger partial charge is 0.217 e. The van der Waals surface area contributed by atoms with Crippen LogP contribution < -0.4 is 0 Å². The molecule has 4 nitrogen and oxygen atoms in total. The zero-order chi connectivity index (χ0) is 10.9. The van der Waals surface area contributed by atoms with Gasteiger partial charge >= 0.3 is 0 Å². The summed E-state index contributed by atoms with van der Waals surface area (Å²) in [5.41, 5.74) is 0. The third-order valence-corrected chi connectivity index (χ3v) is 5.84. The van der Waals surface area contributed by atoms with Crippen molar-refractivity contribution in [2.75, 3.05) is 13.2 Å². The van der Waals surface area contributed by atoms with E-state index in [1.807, 2.05) is 0 Å². The predicted molar refractivity (Wildman–Crippen MR) is 58.0 cm³/mol. The van der Waals surface area contributed by atoms with E-state index in [1.54, 1.807) is 4.31 Å². The standard InChI is InChI=1S/C10H19NO3S/c12-7-6-9-8-11(9)15(13,14)10-4-2-1-3-5-10/h9-10,12H,1-8H2. The van der Waals surface area contributed by atoms with Crippen molar-refractivity contribution in [1.29, 1.82) is 0 Å². The summed E-state index contributed by atoms with van der Waals surface area (Å²) in [6, 6.07) is 0.0851. The van der Waals surface area contributed by atoms with Crippen LogP contribution >= 0.6 is 0 Å². The van der Waals surface area contributed by atoms with Gasteiger partial charge in [0.2, 0.25) is 10.0 Å². The summed E-state index contributed by atoms with van der Waals surface area (Å²) in [4.78, 5) is 0. The molecular formula is C10H19NO3S. The summed E-state index contributed by atoms with van der Waals surface area (Å²) in [5.74, 6) is 0. The maximum atomic E-state index is 12.1. The van der Waals surface area contributed by atoms with Crippen molar-refractivity contribution in [2.45, 2.75) is 49.8 Å². The van der Waals surface area contributed by atoms with E-state index in [2.05, 4.69) is 0 Å². The monoisotopic (exact) mass is 233 g/mol. The highest BCUT2D eigenvalue weighted by Crippen LogP contribution is 2.33. The molecule has 1 N–H and O–H groups in total. The number of aliphatic hydroxyl groups excluding tert-OH is 1. The van der Waals surface area contributed by atoms with E-state index in [0.29, 0.717) is 13.0 Å². The van der Waals surface area contributed by atoms with Crippen molar-refractivity contribution in [3.63, 3.8) is 0 Å². The molecule has 2 atom stereocenters. The zero-order valence-corrected chi connectivity index (χ0v) is 9.75. The number of hydrogen-bond donors (Lipinski definition) is 1. The van der Waals surface area contributed by atoms with Gasteiger partial charge in [0.25, 0.3) is 0 Å². The van der Waals surface area contributed by atoms with Gasteiger partial charge in [-0.1, -0.05) is 19.3 Å². The molecule has 0 amide bonds. The lowest BCUT2D eigenvalue weighted by Gasteiger charge is -2.22. The van der Waals surface area contributed by atoms with Gasteiger partial charge in [0, 0.05) is 19.2 Å². The summed E-state index contributed by atoms with van der Waals surface area (Å²) in [7, 11) is -3.04. The van der Waals surface area contributed by atoms with Crippen molar-refractivity contribution in [3.05, 3.63) is 0 Å². The molecule has 0 aromatic carbocycles. The molecule has 0 aromatic rings. The Hall–Kier alpha value is -0.130. The van der Waals surface area contributed by atoms with Crippen molar-refractivity contribution in [3.8, 4) is 0 Å². The molecular weight excluding hydrogens is 214 g/mol. The van der Waals surface area contributed by atoms with Gasteiger partial charge < -0.3 is 5.11 Å². The second-order valence-corrected chi connectivity index (χ2v) is 6.71.